The van der Waals surface area contributed by atoms with Gasteiger partial charge in [0, 0.05) is 32.4 Å². The van der Waals surface area contributed by atoms with Crippen molar-refractivity contribution in [1.82, 2.24) is 30.4 Å². The Kier molecular flexibility index (Phi) is 4.19. The Labute approximate surface area is 129 Å². The minimum atomic E-state index is -3.20. The molecule has 118 valence electrons. The molecule has 1 aromatic heterocycles. The lowest BCUT2D eigenvalue weighted by Gasteiger charge is -2.26. The van der Waals surface area contributed by atoms with E-state index in [0.717, 1.165) is 37.7 Å². The maximum atomic E-state index is 11.5. The van der Waals surface area contributed by atoms with Crippen LogP contribution in [0.5, 0.6) is 0 Å². The minimum Gasteiger partial charge on any atom is -0.314 e. The number of piperazine rings is 1. The summed E-state index contributed by atoms with van der Waals surface area (Å²) < 4.78 is 24.6. The zero-order valence-electron chi connectivity index (χ0n) is 12.3. The van der Waals surface area contributed by atoms with E-state index in [9.17, 15) is 8.42 Å². The van der Waals surface area contributed by atoms with Gasteiger partial charge in [0.1, 0.15) is 0 Å². The third-order valence-corrected chi connectivity index (χ3v) is 4.75. The first kappa shape index (κ1) is 15.1. The third-order valence-electron chi connectivity index (χ3n) is 3.62. The second kappa shape index (κ2) is 6.11. The summed E-state index contributed by atoms with van der Waals surface area (Å²) >= 11 is 0. The van der Waals surface area contributed by atoms with Gasteiger partial charge in [0.2, 0.25) is 0 Å². The van der Waals surface area contributed by atoms with E-state index in [1.165, 1.54) is 6.26 Å². The maximum absolute atomic E-state index is 11.5. The fourth-order valence-electron chi connectivity index (χ4n) is 2.41. The molecule has 0 radical (unpaired) electrons. The quantitative estimate of drug-likeness (QED) is 0.809. The molecular formula is C13H18N6O2S. The van der Waals surface area contributed by atoms with Gasteiger partial charge in [-0.1, -0.05) is 0 Å². The Morgan fingerprint density at radius 2 is 1.86 bits per heavy atom. The van der Waals surface area contributed by atoms with Gasteiger partial charge in [-0.15, -0.1) is 5.10 Å². The van der Waals surface area contributed by atoms with Crippen LogP contribution in [0.15, 0.2) is 29.2 Å². The summed E-state index contributed by atoms with van der Waals surface area (Å²) in [6.07, 6.45) is 1.19. The van der Waals surface area contributed by atoms with Gasteiger partial charge >= 0.3 is 0 Å². The molecule has 9 heteroatoms. The average molecular weight is 322 g/mol. The number of hydrogen-bond acceptors (Lipinski definition) is 7. The first-order valence-corrected chi connectivity index (χ1v) is 8.94. The number of hydrogen-bond donors (Lipinski definition) is 1. The molecule has 0 bridgehead atoms. The molecule has 1 fully saturated rings. The molecule has 0 spiro atoms. The van der Waals surface area contributed by atoms with E-state index in [4.69, 9.17) is 0 Å². The van der Waals surface area contributed by atoms with Crippen LogP contribution < -0.4 is 5.32 Å². The molecule has 1 aliphatic rings. The molecule has 3 rings (SSSR count). The van der Waals surface area contributed by atoms with E-state index in [0.29, 0.717) is 6.54 Å². The number of tetrazole rings is 1. The SMILES string of the molecule is CS(=O)(=O)c1ccc(-n2nnnc2CN2CCNCC2)cc1. The van der Waals surface area contributed by atoms with Gasteiger partial charge in [-0.2, -0.15) is 4.68 Å². The standard InChI is InChI=1S/C13H18N6O2S/c1-22(20,21)12-4-2-11(3-5-12)19-13(15-16-17-19)10-18-8-6-14-7-9-18/h2-5,14H,6-10H2,1H3. The van der Waals surface area contributed by atoms with E-state index < -0.39 is 9.84 Å². The number of aromatic nitrogens is 4. The smallest absolute Gasteiger partial charge is 0.175 e. The molecule has 0 aliphatic carbocycles. The fraction of sp³-hybridized carbons (Fsp3) is 0.462. The van der Waals surface area contributed by atoms with Gasteiger partial charge in [0.25, 0.3) is 0 Å². The minimum absolute atomic E-state index is 0.285. The van der Waals surface area contributed by atoms with Crippen LogP contribution in [0.4, 0.5) is 0 Å². The van der Waals surface area contributed by atoms with Crippen LogP contribution in [0.25, 0.3) is 5.69 Å². The first-order valence-electron chi connectivity index (χ1n) is 7.05. The van der Waals surface area contributed by atoms with E-state index in [1.807, 2.05) is 0 Å². The van der Waals surface area contributed by atoms with Crippen LogP contribution in [0.3, 0.4) is 0 Å². The van der Waals surface area contributed by atoms with Crippen LogP contribution in [-0.2, 0) is 16.4 Å². The van der Waals surface area contributed by atoms with Crippen LogP contribution in [0, 0.1) is 0 Å². The molecule has 2 heterocycles. The Morgan fingerprint density at radius 3 is 2.50 bits per heavy atom. The number of nitrogens with zero attached hydrogens (tertiary/aromatic N) is 5. The lowest BCUT2D eigenvalue weighted by Crippen LogP contribution is -2.43. The van der Waals surface area contributed by atoms with Crippen molar-refractivity contribution in [1.29, 1.82) is 0 Å². The molecule has 0 saturated carbocycles. The summed E-state index contributed by atoms with van der Waals surface area (Å²) in [6.45, 7) is 4.51. The van der Waals surface area contributed by atoms with Crippen LogP contribution >= 0.6 is 0 Å². The summed E-state index contributed by atoms with van der Waals surface area (Å²) in [5, 5.41) is 15.1. The van der Waals surface area contributed by atoms with Gasteiger partial charge in [-0.3, -0.25) is 4.90 Å². The Balaban J connectivity index is 1.82. The third kappa shape index (κ3) is 3.32. The number of sulfone groups is 1. The Morgan fingerprint density at radius 1 is 1.18 bits per heavy atom. The summed E-state index contributed by atoms with van der Waals surface area (Å²) in [4.78, 5) is 2.57. The highest BCUT2D eigenvalue weighted by molar-refractivity contribution is 7.90. The molecule has 2 aromatic rings. The van der Waals surface area contributed by atoms with E-state index >= 15 is 0 Å². The van der Waals surface area contributed by atoms with Crippen LogP contribution in [-0.4, -0.2) is 66.0 Å². The van der Waals surface area contributed by atoms with Gasteiger partial charge in [-0.25, -0.2) is 8.42 Å². The molecule has 1 aromatic carbocycles. The van der Waals surface area contributed by atoms with Gasteiger partial charge in [0.15, 0.2) is 15.7 Å². The van der Waals surface area contributed by atoms with Crippen molar-refractivity contribution in [3.05, 3.63) is 30.1 Å². The molecule has 1 N–H and O–H groups in total. The number of rotatable bonds is 4. The van der Waals surface area contributed by atoms with Crippen molar-refractivity contribution in [2.45, 2.75) is 11.4 Å². The monoisotopic (exact) mass is 322 g/mol. The molecule has 1 aliphatic heterocycles. The highest BCUT2D eigenvalue weighted by atomic mass is 32.2. The normalized spacial score (nSPS) is 16.8. The van der Waals surface area contributed by atoms with Crippen LogP contribution in [0.2, 0.25) is 0 Å². The van der Waals surface area contributed by atoms with Crippen molar-refractivity contribution in [2.75, 3.05) is 32.4 Å². The molecule has 0 amide bonds. The van der Waals surface area contributed by atoms with E-state index in [-0.39, 0.29) is 4.90 Å². The molecule has 22 heavy (non-hydrogen) atoms. The maximum Gasteiger partial charge on any atom is 0.175 e. The summed E-state index contributed by atoms with van der Waals surface area (Å²) in [6, 6.07) is 6.57. The average Bonchev–Trinajstić information content (AvgIpc) is 2.96. The van der Waals surface area contributed by atoms with Gasteiger partial charge in [-0.05, 0) is 34.7 Å². The Hall–Kier alpha value is -1.84. The lowest BCUT2D eigenvalue weighted by molar-refractivity contribution is 0.226. The molecular weight excluding hydrogens is 304 g/mol. The van der Waals surface area contributed by atoms with Crippen molar-refractivity contribution in [3.63, 3.8) is 0 Å². The predicted molar refractivity (Wildman–Crippen MR) is 80.4 cm³/mol. The second-order valence-electron chi connectivity index (χ2n) is 5.30. The number of benzene rings is 1. The largest absolute Gasteiger partial charge is 0.314 e. The zero-order chi connectivity index (χ0) is 15.6. The van der Waals surface area contributed by atoms with Gasteiger partial charge in [0.05, 0.1) is 17.1 Å². The number of nitrogens with one attached hydrogen (secondary N) is 1. The van der Waals surface area contributed by atoms with Crippen molar-refractivity contribution in [3.8, 4) is 5.69 Å². The summed E-state index contributed by atoms with van der Waals surface area (Å²) in [7, 11) is -3.20. The fourth-order valence-corrected chi connectivity index (χ4v) is 3.04. The van der Waals surface area contributed by atoms with Gasteiger partial charge < -0.3 is 5.32 Å². The van der Waals surface area contributed by atoms with E-state index in [1.54, 1.807) is 28.9 Å². The van der Waals surface area contributed by atoms with Crippen molar-refractivity contribution in [2.24, 2.45) is 0 Å². The predicted octanol–water partition coefficient (Wildman–Crippen LogP) is -0.529. The van der Waals surface area contributed by atoms with E-state index in [2.05, 4.69) is 25.7 Å². The van der Waals surface area contributed by atoms with Crippen molar-refractivity contribution < 1.29 is 8.42 Å². The first-order chi connectivity index (χ1) is 10.5. The highest BCUT2D eigenvalue weighted by Gasteiger charge is 2.16. The van der Waals surface area contributed by atoms with Crippen LogP contribution in [0.1, 0.15) is 5.82 Å². The second-order valence-corrected chi connectivity index (χ2v) is 7.31. The summed E-state index contributed by atoms with van der Waals surface area (Å²) in [5.74, 6) is 0.744. The van der Waals surface area contributed by atoms with Crippen molar-refractivity contribution >= 4 is 9.84 Å². The molecule has 0 unspecified atom stereocenters. The lowest BCUT2D eigenvalue weighted by atomic mass is 10.3. The Bertz CT molecular complexity index is 734. The molecule has 8 nitrogen and oxygen atoms in total. The molecule has 0 atom stereocenters. The zero-order valence-corrected chi connectivity index (χ0v) is 13.1. The molecule has 1 saturated heterocycles. The summed E-state index contributed by atoms with van der Waals surface area (Å²) in [5.41, 5.74) is 0.752. The highest BCUT2D eigenvalue weighted by Crippen LogP contribution is 2.14. The topological polar surface area (TPSA) is 93.0 Å².